The standard InChI is InChI=1S/C9H12F2N2O/c10-9(11)8-1-4-13(12-8)7-2-5-14-6-3-7/h1,4,7,9H,2-3,5-6H2. The van der Waals surface area contributed by atoms with Gasteiger partial charge < -0.3 is 4.74 Å². The summed E-state index contributed by atoms with van der Waals surface area (Å²) in [5.41, 5.74) is -0.142. The zero-order valence-electron chi connectivity index (χ0n) is 7.70. The van der Waals surface area contributed by atoms with Crippen molar-refractivity contribution >= 4 is 0 Å². The Bertz CT molecular complexity index is 295. The monoisotopic (exact) mass is 202 g/mol. The van der Waals surface area contributed by atoms with E-state index in [0.717, 1.165) is 12.8 Å². The van der Waals surface area contributed by atoms with Crippen molar-refractivity contribution in [1.82, 2.24) is 9.78 Å². The molecule has 2 rings (SSSR count). The van der Waals surface area contributed by atoms with Gasteiger partial charge >= 0.3 is 0 Å². The van der Waals surface area contributed by atoms with Crippen LogP contribution in [0.15, 0.2) is 12.3 Å². The summed E-state index contributed by atoms with van der Waals surface area (Å²) in [6.45, 7) is 1.38. The van der Waals surface area contributed by atoms with Gasteiger partial charge in [-0.3, -0.25) is 4.68 Å². The topological polar surface area (TPSA) is 27.1 Å². The van der Waals surface area contributed by atoms with Gasteiger partial charge in [0.1, 0.15) is 5.69 Å². The van der Waals surface area contributed by atoms with Gasteiger partial charge in [0.05, 0.1) is 6.04 Å². The van der Waals surface area contributed by atoms with Gasteiger partial charge in [0, 0.05) is 19.4 Å². The minimum atomic E-state index is -2.48. The van der Waals surface area contributed by atoms with Crippen molar-refractivity contribution < 1.29 is 13.5 Å². The smallest absolute Gasteiger partial charge is 0.282 e. The Kier molecular flexibility index (Phi) is 2.77. The lowest BCUT2D eigenvalue weighted by molar-refractivity contribution is 0.0654. The van der Waals surface area contributed by atoms with Crippen molar-refractivity contribution in [2.45, 2.75) is 25.3 Å². The molecule has 0 amide bonds. The number of nitrogens with zero attached hydrogens (tertiary/aromatic N) is 2. The molecule has 1 aromatic rings. The Balaban J connectivity index is 2.07. The number of halogens is 2. The first kappa shape index (κ1) is 9.58. The molecule has 0 radical (unpaired) electrons. The van der Waals surface area contributed by atoms with Gasteiger partial charge in [0.2, 0.25) is 0 Å². The summed E-state index contributed by atoms with van der Waals surface area (Å²) >= 11 is 0. The van der Waals surface area contributed by atoms with Gasteiger partial charge in [-0.25, -0.2) is 8.78 Å². The molecule has 14 heavy (non-hydrogen) atoms. The molecule has 0 aliphatic carbocycles. The molecule has 0 bridgehead atoms. The quantitative estimate of drug-likeness (QED) is 0.734. The Morgan fingerprint density at radius 2 is 2.14 bits per heavy atom. The van der Waals surface area contributed by atoms with Crippen LogP contribution in [0.5, 0.6) is 0 Å². The summed E-state index contributed by atoms with van der Waals surface area (Å²) in [6.07, 6.45) is 0.850. The van der Waals surface area contributed by atoms with Crippen molar-refractivity contribution in [3.63, 3.8) is 0 Å². The van der Waals surface area contributed by atoms with Crippen molar-refractivity contribution in [2.24, 2.45) is 0 Å². The number of ether oxygens (including phenoxy) is 1. The molecule has 0 N–H and O–H groups in total. The lowest BCUT2D eigenvalue weighted by atomic mass is 10.1. The van der Waals surface area contributed by atoms with Crippen molar-refractivity contribution in [3.05, 3.63) is 18.0 Å². The first-order valence-electron chi connectivity index (χ1n) is 4.68. The molecule has 5 heteroatoms. The minimum Gasteiger partial charge on any atom is -0.381 e. The van der Waals surface area contributed by atoms with Crippen LogP contribution in [0.2, 0.25) is 0 Å². The first-order valence-corrected chi connectivity index (χ1v) is 4.68. The molecule has 1 aliphatic heterocycles. The normalized spacial score (nSPS) is 19.1. The third-order valence-corrected chi connectivity index (χ3v) is 2.42. The third kappa shape index (κ3) is 1.92. The van der Waals surface area contributed by atoms with Crippen LogP contribution in [0.3, 0.4) is 0 Å². The second-order valence-electron chi connectivity index (χ2n) is 3.36. The van der Waals surface area contributed by atoms with Crippen LogP contribution < -0.4 is 0 Å². The molecule has 0 spiro atoms. The summed E-state index contributed by atoms with van der Waals surface area (Å²) in [6, 6.07) is 1.59. The average molecular weight is 202 g/mol. The zero-order valence-corrected chi connectivity index (χ0v) is 7.70. The lowest BCUT2D eigenvalue weighted by Crippen LogP contribution is -2.20. The van der Waals surface area contributed by atoms with Crippen LogP contribution in [0.4, 0.5) is 8.78 Å². The molecule has 0 saturated carbocycles. The van der Waals surface area contributed by atoms with Gasteiger partial charge in [0.25, 0.3) is 6.43 Å². The Morgan fingerprint density at radius 3 is 2.71 bits per heavy atom. The fourth-order valence-electron chi connectivity index (χ4n) is 1.62. The predicted octanol–water partition coefficient (Wildman–Crippen LogP) is 2.17. The van der Waals surface area contributed by atoms with Crippen LogP contribution in [0.25, 0.3) is 0 Å². The highest BCUT2D eigenvalue weighted by Gasteiger charge is 2.18. The van der Waals surface area contributed by atoms with E-state index in [1.54, 1.807) is 10.9 Å². The molecule has 0 aromatic carbocycles. The molecule has 1 aromatic heterocycles. The van der Waals surface area contributed by atoms with Crippen molar-refractivity contribution in [2.75, 3.05) is 13.2 Å². The van der Waals surface area contributed by atoms with Crippen LogP contribution in [-0.4, -0.2) is 23.0 Å². The van der Waals surface area contributed by atoms with E-state index in [0.29, 0.717) is 13.2 Å². The lowest BCUT2D eigenvalue weighted by Gasteiger charge is -2.22. The maximum atomic E-state index is 12.2. The molecule has 2 heterocycles. The molecule has 1 saturated heterocycles. The largest absolute Gasteiger partial charge is 0.381 e. The number of alkyl halides is 2. The van der Waals surface area contributed by atoms with Gasteiger partial charge in [0.15, 0.2) is 0 Å². The van der Waals surface area contributed by atoms with Gasteiger partial charge in [-0.15, -0.1) is 0 Å². The summed E-state index contributed by atoms with van der Waals surface area (Å²) in [5.74, 6) is 0. The van der Waals surface area contributed by atoms with E-state index in [1.165, 1.54) is 6.07 Å². The number of hydrogen-bond acceptors (Lipinski definition) is 2. The maximum Gasteiger partial charge on any atom is 0.282 e. The van der Waals surface area contributed by atoms with E-state index < -0.39 is 6.43 Å². The molecule has 78 valence electrons. The highest BCUT2D eigenvalue weighted by atomic mass is 19.3. The number of rotatable bonds is 2. The fraction of sp³-hybridized carbons (Fsp3) is 0.667. The minimum absolute atomic E-state index is 0.142. The molecular weight excluding hydrogens is 190 g/mol. The number of aromatic nitrogens is 2. The van der Waals surface area contributed by atoms with Crippen molar-refractivity contribution in [3.8, 4) is 0 Å². The van der Waals surface area contributed by atoms with E-state index in [9.17, 15) is 8.78 Å². The summed E-state index contributed by atoms with van der Waals surface area (Å²) in [5, 5.41) is 3.84. The molecule has 1 aliphatic rings. The second-order valence-corrected chi connectivity index (χ2v) is 3.36. The molecule has 0 unspecified atom stereocenters. The van der Waals surface area contributed by atoms with E-state index in [2.05, 4.69) is 5.10 Å². The van der Waals surface area contributed by atoms with E-state index >= 15 is 0 Å². The van der Waals surface area contributed by atoms with E-state index in [1.807, 2.05) is 0 Å². The molecular formula is C9H12F2N2O. The highest BCUT2D eigenvalue weighted by molar-refractivity contribution is 5.01. The van der Waals surface area contributed by atoms with Gasteiger partial charge in [-0.05, 0) is 18.9 Å². The first-order chi connectivity index (χ1) is 6.77. The summed E-state index contributed by atoms with van der Waals surface area (Å²) < 4.78 is 31.3. The summed E-state index contributed by atoms with van der Waals surface area (Å²) in [7, 11) is 0. The SMILES string of the molecule is FC(F)c1ccn(C2CCOCC2)n1. The Morgan fingerprint density at radius 1 is 1.43 bits per heavy atom. The Labute approximate surface area is 80.7 Å². The average Bonchev–Trinajstić information content (AvgIpc) is 2.68. The highest BCUT2D eigenvalue weighted by Crippen LogP contribution is 2.22. The van der Waals surface area contributed by atoms with E-state index in [-0.39, 0.29) is 11.7 Å². The zero-order chi connectivity index (χ0) is 9.97. The maximum absolute atomic E-state index is 12.2. The second kappa shape index (κ2) is 4.04. The van der Waals surface area contributed by atoms with Crippen molar-refractivity contribution in [1.29, 1.82) is 0 Å². The summed E-state index contributed by atoms with van der Waals surface area (Å²) in [4.78, 5) is 0. The number of hydrogen-bond donors (Lipinski definition) is 0. The predicted molar refractivity (Wildman–Crippen MR) is 46.3 cm³/mol. The van der Waals surface area contributed by atoms with Crippen LogP contribution >= 0.6 is 0 Å². The third-order valence-electron chi connectivity index (χ3n) is 2.42. The molecule has 3 nitrogen and oxygen atoms in total. The van der Waals surface area contributed by atoms with Crippen LogP contribution in [0.1, 0.15) is 31.0 Å². The van der Waals surface area contributed by atoms with Gasteiger partial charge in [-0.2, -0.15) is 5.10 Å². The van der Waals surface area contributed by atoms with Crippen LogP contribution in [-0.2, 0) is 4.74 Å². The Hall–Kier alpha value is -0.970. The van der Waals surface area contributed by atoms with E-state index in [4.69, 9.17) is 4.74 Å². The molecule has 1 fully saturated rings. The fourth-order valence-corrected chi connectivity index (χ4v) is 1.62. The van der Waals surface area contributed by atoms with Crippen LogP contribution in [0, 0.1) is 0 Å². The molecule has 0 atom stereocenters. The van der Waals surface area contributed by atoms with Gasteiger partial charge in [-0.1, -0.05) is 0 Å².